The molecule has 3 atom stereocenters. The Morgan fingerprint density at radius 3 is 2.00 bits per heavy atom. The van der Waals surface area contributed by atoms with Crippen LogP contribution in [0.15, 0.2) is 97.3 Å². The number of benzene rings is 2. The van der Waals surface area contributed by atoms with Crippen LogP contribution in [0, 0.1) is 0 Å². The highest BCUT2D eigenvalue weighted by Gasteiger charge is 2.41. The normalized spacial score (nSPS) is 18.0. The molecule has 0 bridgehead atoms. The van der Waals surface area contributed by atoms with E-state index in [9.17, 15) is 9.90 Å². The molecule has 10 heteroatoms. The lowest BCUT2D eigenvalue weighted by molar-refractivity contribution is -0.0946. The van der Waals surface area contributed by atoms with Gasteiger partial charge in [-0.1, -0.05) is 42.5 Å². The van der Waals surface area contributed by atoms with Gasteiger partial charge < -0.3 is 33.7 Å². The lowest BCUT2D eigenvalue weighted by atomic mass is 9.84. The minimum absolute atomic E-state index is 0.212. The van der Waals surface area contributed by atoms with Gasteiger partial charge in [0, 0.05) is 30.3 Å². The summed E-state index contributed by atoms with van der Waals surface area (Å²) < 4.78 is 29.9. The molecular weight excluding hydrogens is 574 g/mol. The van der Waals surface area contributed by atoms with Crippen LogP contribution in [0.25, 0.3) is 0 Å². The lowest BCUT2D eigenvalue weighted by Crippen LogP contribution is -2.54. The molecule has 1 fully saturated rings. The van der Waals surface area contributed by atoms with E-state index < -0.39 is 18.3 Å². The molecule has 45 heavy (non-hydrogen) atoms. The minimum Gasteiger partial charge on any atom is -0.496 e. The number of piperidine rings is 1. The molecule has 1 aliphatic rings. The van der Waals surface area contributed by atoms with Gasteiger partial charge in [-0.05, 0) is 48.0 Å². The monoisotopic (exact) mass is 613 g/mol. The molecule has 0 saturated carbocycles. The first-order chi connectivity index (χ1) is 22.1. The summed E-state index contributed by atoms with van der Waals surface area (Å²) in [4.78, 5) is 22.2. The molecule has 236 valence electrons. The Morgan fingerprint density at radius 2 is 1.42 bits per heavy atom. The number of carboxylic acid groups (broad SMARTS) is 1. The number of rotatable bonds is 15. The fraction of sp³-hybridized carbons (Fsp3) is 0.343. The predicted molar refractivity (Wildman–Crippen MR) is 167 cm³/mol. The van der Waals surface area contributed by atoms with Gasteiger partial charge in [0.1, 0.15) is 11.5 Å². The third kappa shape index (κ3) is 9.24. The SMILES string of the molecule is COc1ccccc1COCCCOc1ccc([C@H]2[C@@H](OCc3ccccn3)CN(C(=O)O)C[C@H]2OCc2ccccn2)cc1. The van der Waals surface area contributed by atoms with Crippen LogP contribution in [0.2, 0.25) is 0 Å². The molecule has 0 unspecified atom stereocenters. The van der Waals surface area contributed by atoms with Gasteiger partial charge in [-0.15, -0.1) is 0 Å². The number of aromatic nitrogens is 2. The van der Waals surface area contributed by atoms with Crippen molar-refractivity contribution >= 4 is 6.09 Å². The van der Waals surface area contributed by atoms with Gasteiger partial charge in [-0.3, -0.25) is 9.97 Å². The zero-order valence-corrected chi connectivity index (χ0v) is 25.4. The average Bonchev–Trinajstić information content (AvgIpc) is 3.09. The van der Waals surface area contributed by atoms with Crippen LogP contribution in [0.1, 0.15) is 34.9 Å². The molecule has 2 aromatic carbocycles. The minimum atomic E-state index is -1.01. The molecule has 0 spiro atoms. The number of hydrogen-bond donors (Lipinski definition) is 1. The van der Waals surface area contributed by atoms with Crippen LogP contribution in [0.5, 0.6) is 11.5 Å². The van der Waals surface area contributed by atoms with Crippen LogP contribution in [-0.2, 0) is 34.0 Å². The fourth-order valence-corrected chi connectivity index (χ4v) is 5.37. The smallest absolute Gasteiger partial charge is 0.407 e. The van der Waals surface area contributed by atoms with E-state index in [1.54, 1.807) is 19.5 Å². The van der Waals surface area contributed by atoms with Crippen molar-refractivity contribution in [2.75, 3.05) is 33.4 Å². The van der Waals surface area contributed by atoms with Crippen LogP contribution in [0.3, 0.4) is 0 Å². The molecule has 0 radical (unpaired) electrons. The summed E-state index contributed by atoms with van der Waals surface area (Å²) >= 11 is 0. The Hall–Kier alpha value is -4.51. The van der Waals surface area contributed by atoms with Crippen LogP contribution >= 0.6 is 0 Å². The van der Waals surface area contributed by atoms with E-state index in [2.05, 4.69) is 9.97 Å². The van der Waals surface area contributed by atoms with Gasteiger partial charge in [0.2, 0.25) is 0 Å². The van der Waals surface area contributed by atoms with Crippen molar-refractivity contribution in [1.29, 1.82) is 0 Å². The summed E-state index contributed by atoms with van der Waals surface area (Å²) in [6, 6.07) is 26.9. The first-order valence-electron chi connectivity index (χ1n) is 15.0. The molecule has 1 saturated heterocycles. The summed E-state index contributed by atoms with van der Waals surface area (Å²) in [6.45, 7) is 2.47. The van der Waals surface area contributed by atoms with Gasteiger partial charge in [-0.25, -0.2) is 4.79 Å². The Labute approximate surface area is 263 Å². The molecule has 1 amide bonds. The number of nitrogens with zero attached hydrogens (tertiary/aromatic N) is 3. The Kier molecular flexibility index (Phi) is 11.7. The van der Waals surface area contributed by atoms with E-state index in [4.69, 9.17) is 23.7 Å². The third-order valence-corrected chi connectivity index (χ3v) is 7.63. The van der Waals surface area contributed by atoms with E-state index in [0.717, 1.165) is 40.4 Å². The molecule has 5 rings (SSSR count). The summed E-state index contributed by atoms with van der Waals surface area (Å²) in [5.41, 5.74) is 3.52. The zero-order valence-electron chi connectivity index (χ0n) is 25.4. The highest BCUT2D eigenvalue weighted by atomic mass is 16.5. The fourth-order valence-electron chi connectivity index (χ4n) is 5.37. The maximum atomic E-state index is 12.1. The van der Waals surface area contributed by atoms with Crippen molar-refractivity contribution in [3.63, 3.8) is 0 Å². The second kappa shape index (κ2) is 16.5. The molecule has 4 aromatic rings. The zero-order chi connectivity index (χ0) is 31.3. The van der Waals surface area contributed by atoms with Crippen LogP contribution < -0.4 is 9.47 Å². The maximum absolute atomic E-state index is 12.1. The van der Waals surface area contributed by atoms with Gasteiger partial charge in [0.05, 0.1) is 76.8 Å². The Bertz CT molecular complexity index is 1400. The number of methoxy groups -OCH3 is 1. The predicted octanol–water partition coefficient (Wildman–Crippen LogP) is 5.72. The van der Waals surface area contributed by atoms with Crippen molar-refractivity contribution < 1.29 is 33.6 Å². The van der Waals surface area contributed by atoms with Crippen LogP contribution in [-0.4, -0.2) is 71.7 Å². The van der Waals surface area contributed by atoms with E-state index in [1.165, 1.54) is 4.90 Å². The molecule has 0 aliphatic carbocycles. The van der Waals surface area contributed by atoms with Crippen molar-refractivity contribution in [1.82, 2.24) is 14.9 Å². The third-order valence-electron chi connectivity index (χ3n) is 7.63. The Morgan fingerprint density at radius 1 is 0.800 bits per heavy atom. The van der Waals surface area contributed by atoms with Crippen molar-refractivity contribution in [3.05, 3.63) is 120 Å². The van der Waals surface area contributed by atoms with Gasteiger partial charge in [0.25, 0.3) is 0 Å². The number of carbonyl (C=O) groups is 1. The maximum Gasteiger partial charge on any atom is 0.407 e. The Balaban J connectivity index is 1.23. The van der Waals surface area contributed by atoms with Gasteiger partial charge >= 0.3 is 6.09 Å². The second-order valence-corrected chi connectivity index (χ2v) is 10.7. The van der Waals surface area contributed by atoms with E-state index in [1.807, 2.05) is 84.9 Å². The number of hydrogen-bond acceptors (Lipinski definition) is 8. The first-order valence-corrected chi connectivity index (χ1v) is 15.0. The van der Waals surface area contributed by atoms with E-state index >= 15 is 0 Å². The highest BCUT2D eigenvalue weighted by molar-refractivity contribution is 5.65. The molecular formula is C35H39N3O7. The largest absolute Gasteiger partial charge is 0.496 e. The summed E-state index contributed by atoms with van der Waals surface area (Å²) in [5.74, 6) is 1.32. The number of para-hydroxylation sites is 1. The van der Waals surface area contributed by atoms with E-state index in [-0.39, 0.29) is 32.2 Å². The first kappa shape index (κ1) is 31.9. The molecule has 10 nitrogen and oxygen atoms in total. The second-order valence-electron chi connectivity index (χ2n) is 10.7. The number of pyridine rings is 2. The highest BCUT2D eigenvalue weighted by Crippen LogP contribution is 2.35. The standard InChI is InChI=1S/C35H39N3O7/c1-41-31-12-3-2-9-27(31)23-42-19-8-20-43-30-15-13-26(14-16-30)34-32(44-24-28-10-4-6-17-36-28)21-38(35(39)40)22-33(34)45-25-29-11-5-7-18-37-29/h2-7,9-18,32-34H,8,19-25H2,1H3,(H,39,40)/t32-,33+,34-. The van der Waals surface area contributed by atoms with E-state index in [0.29, 0.717) is 19.8 Å². The van der Waals surface area contributed by atoms with Gasteiger partial charge in [0.15, 0.2) is 0 Å². The average molecular weight is 614 g/mol. The summed E-state index contributed by atoms with van der Waals surface area (Å²) in [5, 5.41) is 9.91. The van der Waals surface area contributed by atoms with Crippen molar-refractivity contribution in [3.8, 4) is 11.5 Å². The summed E-state index contributed by atoms with van der Waals surface area (Å²) in [7, 11) is 1.65. The molecule has 1 aliphatic heterocycles. The van der Waals surface area contributed by atoms with Crippen molar-refractivity contribution in [2.45, 2.75) is 44.4 Å². The number of ether oxygens (including phenoxy) is 5. The van der Waals surface area contributed by atoms with Crippen LogP contribution in [0.4, 0.5) is 4.79 Å². The number of amides is 1. The summed E-state index contributed by atoms with van der Waals surface area (Å²) in [6.07, 6.45) is 2.23. The quantitative estimate of drug-likeness (QED) is 0.168. The molecule has 2 aromatic heterocycles. The lowest BCUT2D eigenvalue weighted by Gasteiger charge is -2.42. The molecule has 3 heterocycles. The molecule has 1 N–H and O–H groups in total. The van der Waals surface area contributed by atoms with Crippen molar-refractivity contribution in [2.24, 2.45) is 0 Å². The number of likely N-dealkylation sites (tertiary alicyclic amines) is 1. The van der Waals surface area contributed by atoms with Gasteiger partial charge in [-0.2, -0.15) is 0 Å². The topological polar surface area (TPSA) is 112 Å².